The number of ketones is 1. The van der Waals surface area contributed by atoms with Crippen molar-refractivity contribution in [2.45, 2.75) is 30.9 Å². The van der Waals surface area contributed by atoms with E-state index in [1.807, 2.05) is 23.2 Å². The maximum absolute atomic E-state index is 11.8. The Kier molecular flexibility index (Phi) is 4.29. The normalized spacial score (nSPS) is 17.1. The van der Waals surface area contributed by atoms with Crippen LogP contribution in [-0.4, -0.2) is 16.8 Å². The van der Waals surface area contributed by atoms with Gasteiger partial charge in [0.25, 0.3) is 0 Å². The number of Topliss-reactive ketones (excluding diaryl/α,β-unsaturated/α-hetero) is 1. The molecule has 0 N–H and O–H groups in total. The highest BCUT2D eigenvalue weighted by Gasteiger charge is 2.18. The number of hydrogen-bond donors (Lipinski definition) is 0. The summed E-state index contributed by atoms with van der Waals surface area (Å²) in [6.07, 6.45) is 5.27. The molecule has 0 spiro atoms. The van der Waals surface area contributed by atoms with E-state index in [1.165, 1.54) is 37.0 Å². The summed E-state index contributed by atoms with van der Waals surface area (Å²) in [7, 11) is 0. The van der Waals surface area contributed by atoms with Crippen molar-refractivity contribution in [1.82, 2.24) is 0 Å². The second-order valence-corrected chi connectivity index (χ2v) is 6.80. The Morgan fingerprint density at radius 2 is 2.27 bits per heavy atom. The van der Waals surface area contributed by atoms with E-state index in [-0.39, 0.29) is 5.78 Å². The first-order chi connectivity index (χ1) is 7.27. The van der Waals surface area contributed by atoms with Crippen LogP contribution in [0, 0.1) is 0 Å². The van der Waals surface area contributed by atoms with Crippen molar-refractivity contribution in [2.75, 3.05) is 5.75 Å². The second kappa shape index (κ2) is 5.51. The molecule has 1 fully saturated rings. The Balaban J connectivity index is 1.84. The maximum Gasteiger partial charge on any atom is 0.183 e. The first-order valence-corrected chi connectivity index (χ1v) is 7.87. The molecule has 1 nitrogen and oxygen atoms in total. The van der Waals surface area contributed by atoms with Crippen LogP contribution in [0.15, 0.2) is 15.9 Å². The fourth-order valence-electron chi connectivity index (χ4n) is 1.81. The van der Waals surface area contributed by atoms with E-state index in [9.17, 15) is 4.79 Å². The molecule has 0 atom stereocenters. The molecule has 0 radical (unpaired) electrons. The SMILES string of the molecule is O=C(CSC1CCCC1)c1sccc1Br. The molecule has 0 aromatic carbocycles. The van der Waals surface area contributed by atoms with Gasteiger partial charge in [0.05, 0.1) is 10.6 Å². The molecule has 82 valence electrons. The standard InChI is InChI=1S/C11H13BrOS2/c12-9-5-6-14-11(9)10(13)7-15-8-3-1-2-4-8/h5-6,8H,1-4,7H2. The zero-order chi connectivity index (χ0) is 10.7. The molecule has 1 heterocycles. The fourth-order valence-corrected chi connectivity index (χ4v) is 4.63. The van der Waals surface area contributed by atoms with Crippen LogP contribution >= 0.6 is 39.0 Å². The Bertz CT molecular complexity index is 342. The minimum atomic E-state index is 0.272. The van der Waals surface area contributed by atoms with E-state index < -0.39 is 0 Å². The third-order valence-corrected chi connectivity index (χ3v) is 5.87. The molecule has 1 aromatic heterocycles. The van der Waals surface area contributed by atoms with Gasteiger partial charge in [0.2, 0.25) is 0 Å². The minimum Gasteiger partial charge on any atom is -0.292 e. The molecule has 0 aliphatic heterocycles. The highest BCUT2D eigenvalue weighted by molar-refractivity contribution is 9.10. The molecule has 15 heavy (non-hydrogen) atoms. The molecule has 2 rings (SSSR count). The van der Waals surface area contributed by atoms with Crippen LogP contribution in [-0.2, 0) is 0 Å². The summed E-state index contributed by atoms with van der Waals surface area (Å²) in [5.74, 6) is 0.915. The van der Waals surface area contributed by atoms with E-state index >= 15 is 0 Å². The Morgan fingerprint density at radius 1 is 1.53 bits per heavy atom. The third-order valence-electron chi connectivity index (χ3n) is 2.62. The Hall–Kier alpha value is 0.200. The third kappa shape index (κ3) is 3.08. The van der Waals surface area contributed by atoms with Crippen molar-refractivity contribution in [3.8, 4) is 0 Å². The van der Waals surface area contributed by atoms with Gasteiger partial charge in [-0.15, -0.1) is 11.3 Å². The van der Waals surface area contributed by atoms with Gasteiger partial charge in [0.15, 0.2) is 5.78 Å². The van der Waals surface area contributed by atoms with Gasteiger partial charge >= 0.3 is 0 Å². The van der Waals surface area contributed by atoms with Gasteiger partial charge in [-0.1, -0.05) is 12.8 Å². The van der Waals surface area contributed by atoms with Crippen molar-refractivity contribution in [3.05, 3.63) is 20.8 Å². The number of carbonyl (C=O) groups is 1. The van der Waals surface area contributed by atoms with Gasteiger partial charge in [-0.25, -0.2) is 0 Å². The summed E-state index contributed by atoms with van der Waals surface area (Å²) in [5, 5.41) is 2.69. The van der Waals surface area contributed by atoms with Gasteiger partial charge in [-0.3, -0.25) is 4.79 Å². The first kappa shape index (κ1) is 11.7. The fraction of sp³-hybridized carbons (Fsp3) is 0.545. The first-order valence-electron chi connectivity index (χ1n) is 5.15. The van der Waals surface area contributed by atoms with E-state index in [1.54, 1.807) is 0 Å². The molecular formula is C11H13BrOS2. The topological polar surface area (TPSA) is 17.1 Å². The summed E-state index contributed by atoms with van der Waals surface area (Å²) >= 11 is 6.77. The van der Waals surface area contributed by atoms with Gasteiger partial charge in [0, 0.05) is 9.72 Å². The lowest BCUT2D eigenvalue weighted by atomic mass is 10.3. The molecule has 4 heteroatoms. The number of thioether (sulfide) groups is 1. The highest BCUT2D eigenvalue weighted by Crippen LogP contribution is 2.31. The average Bonchev–Trinajstić information content (AvgIpc) is 2.84. The number of rotatable bonds is 4. The Morgan fingerprint density at radius 3 is 2.87 bits per heavy atom. The maximum atomic E-state index is 11.8. The summed E-state index contributed by atoms with van der Waals surface area (Å²) in [6.45, 7) is 0. The van der Waals surface area contributed by atoms with Gasteiger partial charge in [-0.2, -0.15) is 11.8 Å². The summed E-state index contributed by atoms with van der Waals surface area (Å²) in [4.78, 5) is 12.7. The van der Waals surface area contributed by atoms with E-state index in [2.05, 4.69) is 15.9 Å². The Labute approximate surface area is 107 Å². The van der Waals surface area contributed by atoms with E-state index in [0.717, 1.165) is 14.6 Å². The second-order valence-electron chi connectivity index (χ2n) is 3.74. The van der Waals surface area contributed by atoms with Crippen LogP contribution in [0.3, 0.4) is 0 Å². The summed E-state index contributed by atoms with van der Waals surface area (Å²) in [6, 6.07) is 1.94. The monoisotopic (exact) mass is 304 g/mol. The van der Waals surface area contributed by atoms with Crippen molar-refractivity contribution in [3.63, 3.8) is 0 Å². The van der Waals surface area contributed by atoms with Crippen molar-refractivity contribution < 1.29 is 4.79 Å². The van der Waals surface area contributed by atoms with Crippen LogP contribution in [0.4, 0.5) is 0 Å². The quantitative estimate of drug-likeness (QED) is 0.768. The van der Waals surface area contributed by atoms with Gasteiger partial charge < -0.3 is 0 Å². The average molecular weight is 305 g/mol. The molecule has 0 saturated heterocycles. The largest absolute Gasteiger partial charge is 0.292 e. The minimum absolute atomic E-state index is 0.272. The van der Waals surface area contributed by atoms with Crippen molar-refractivity contribution in [1.29, 1.82) is 0 Å². The zero-order valence-electron chi connectivity index (χ0n) is 8.37. The lowest BCUT2D eigenvalue weighted by Crippen LogP contribution is -2.05. The molecule has 1 aromatic rings. The van der Waals surface area contributed by atoms with Crippen molar-refractivity contribution in [2.24, 2.45) is 0 Å². The number of hydrogen-bond acceptors (Lipinski definition) is 3. The van der Waals surface area contributed by atoms with E-state index in [0.29, 0.717) is 5.75 Å². The number of thiophene rings is 1. The smallest absolute Gasteiger partial charge is 0.183 e. The zero-order valence-corrected chi connectivity index (χ0v) is 11.6. The van der Waals surface area contributed by atoms with Gasteiger partial charge in [-0.05, 0) is 40.2 Å². The van der Waals surface area contributed by atoms with Crippen LogP contribution in [0.25, 0.3) is 0 Å². The lowest BCUT2D eigenvalue weighted by Gasteiger charge is -2.06. The van der Waals surface area contributed by atoms with Crippen LogP contribution in [0.2, 0.25) is 0 Å². The molecule has 0 amide bonds. The number of carbonyl (C=O) groups excluding carboxylic acids is 1. The molecule has 1 saturated carbocycles. The highest BCUT2D eigenvalue weighted by atomic mass is 79.9. The summed E-state index contributed by atoms with van der Waals surface area (Å²) < 4.78 is 0.949. The van der Waals surface area contributed by atoms with Crippen LogP contribution in [0.1, 0.15) is 35.4 Å². The van der Waals surface area contributed by atoms with Crippen LogP contribution < -0.4 is 0 Å². The number of halogens is 1. The molecule has 1 aliphatic rings. The molecule has 0 unspecified atom stereocenters. The molecule has 0 bridgehead atoms. The molecule has 1 aliphatic carbocycles. The molecular weight excluding hydrogens is 292 g/mol. The predicted molar refractivity (Wildman–Crippen MR) is 71.1 cm³/mol. The van der Waals surface area contributed by atoms with Gasteiger partial charge in [0.1, 0.15) is 0 Å². The van der Waals surface area contributed by atoms with Crippen molar-refractivity contribution >= 4 is 44.8 Å². The van der Waals surface area contributed by atoms with Crippen LogP contribution in [0.5, 0.6) is 0 Å². The predicted octanol–water partition coefficient (Wildman–Crippen LogP) is 4.37. The lowest BCUT2D eigenvalue weighted by molar-refractivity contribution is 0.102. The van der Waals surface area contributed by atoms with E-state index in [4.69, 9.17) is 0 Å². The summed E-state index contributed by atoms with van der Waals surface area (Å²) in [5.41, 5.74) is 0.